The maximum Gasteiger partial charge on any atom is 0.216 e. The molecule has 0 aromatic heterocycles. The van der Waals surface area contributed by atoms with Crippen LogP contribution in [-0.4, -0.2) is 38.9 Å². The highest BCUT2D eigenvalue weighted by Crippen LogP contribution is 1.88. The number of aliphatic imine (C=N–C) groups is 1. The summed E-state index contributed by atoms with van der Waals surface area (Å²) in [4.78, 5) is 14.5. The number of nitrogens with zero attached hydrogens (tertiary/aromatic N) is 1. The number of carbonyl (C=O) groups excluding carboxylic acids is 1. The van der Waals surface area contributed by atoms with E-state index < -0.39 is 0 Å². The fourth-order valence-corrected chi connectivity index (χ4v) is 0.726. The zero-order valence-corrected chi connectivity index (χ0v) is 8.62. The van der Waals surface area contributed by atoms with Crippen LogP contribution >= 0.6 is 0 Å². The molecule has 0 bridgehead atoms. The maximum absolute atomic E-state index is 10.5. The Morgan fingerprint density at radius 1 is 1.64 bits per heavy atom. The molecule has 5 nitrogen and oxygen atoms in total. The average molecular weight is 199 g/mol. The zero-order valence-electron chi connectivity index (χ0n) is 8.62. The minimum absolute atomic E-state index is 0.0460. The van der Waals surface area contributed by atoms with Crippen LogP contribution in [0, 0.1) is 0 Å². The molecule has 0 aromatic carbocycles. The number of ether oxygens (including phenoxy) is 1. The minimum atomic E-state index is -0.0460. The van der Waals surface area contributed by atoms with Gasteiger partial charge in [-0.1, -0.05) is 0 Å². The highest BCUT2D eigenvalue weighted by atomic mass is 16.5. The molecule has 0 heterocycles. The first-order chi connectivity index (χ1) is 6.70. The molecule has 5 heteroatoms. The third-order valence-electron chi connectivity index (χ3n) is 1.44. The van der Waals surface area contributed by atoms with Gasteiger partial charge in [-0.2, -0.15) is 0 Å². The Morgan fingerprint density at radius 2 is 2.36 bits per heavy atom. The first kappa shape index (κ1) is 12.6. The molecule has 0 unspecified atom stereocenters. The largest absolute Gasteiger partial charge is 0.500 e. The highest BCUT2D eigenvalue weighted by Gasteiger charge is 1.88. The van der Waals surface area contributed by atoms with Crippen LogP contribution in [0.4, 0.5) is 0 Å². The third-order valence-corrected chi connectivity index (χ3v) is 1.44. The average Bonchev–Trinajstić information content (AvgIpc) is 2.16. The van der Waals surface area contributed by atoms with Crippen LogP contribution in [0.2, 0.25) is 0 Å². The van der Waals surface area contributed by atoms with Gasteiger partial charge in [-0.15, -0.1) is 0 Å². The van der Waals surface area contributed by atoms with Gasteiger partial charge in [0.25, 0.3) is 0 Å². The van der Waals surface area contributed by atoms with Crippen LogP contribution in [0.25, 0.3) is 0 Å². The molecule has 0 aliphatic rings. The molecular formula is C9H17N3O2. The van der Waals surface area contributed by atoms with Gasteiger partial charge in [0, 0.05) is 19.7 Å². The molecule has 0 rings (SSSR count). The van der Waals surface area contributed by atoms with Gasteiger partial charge in [0.1, 0.15) is 5.76 Å². The van der Waals surface area contributed by atoms with Gasteiger partial charge in [-0.25, -0.2) is 0 Å². The van der Waals surface area contributed by atoms with Crippen molar-refractivity contribution in [3.63, 3.8) is 0 Å². The molecule has 80 valence electrons. The van der Waals surface area contributed by atoms with Gasteiger partial charge in [-0.3, -0.25) is 9.79 Å². The number of hydrogen-bond donors (Lipinski definition) is 2. The van der Waals surface area contributed by atoms with Crippen molar-refractivity contribution in [1.29, 1.82) is 0 Å². The Labute approximate surface area is 84.0 Å². The van der Waals surface area contributed by atoms with Gasteiger partial charge in [0.05, 0.1) is 20.2 Å². The van der Waals surface area contributed by atoms with Crippen LogP contribution in [0.1, 0.15) is 6.92 Å². The summed E-state index contributed by atoms with van der Waals surface area (Å²) in [6.45, 7) is 2.93. The molecule has 0 saturated carbocycles. The quantitative estimate of drug-likeness (QED) is 0.350. The molecule has 0 aromatic rings. The van der Waals surface area contributed by atoms with Crippen molar-refractivity contribution < 1.29 is 9.53 Å². The van der Waals surface area contributed by atoms with Crippen molar-refractivity contribution in [1.82, 2.24) is 5.32 Å². The van der Waals surface area contributed by atoms with Crippen molar-refractivity contribution in [3.05, 3.63) is 11.8 Å². The molecule has 14 heavy (non-hydrogen) atoms. The number of carbonyl (C=O) groups is 1. The summed E-state index contributed by atoms with van der Waals surface area (Å²) >= 11 is 0. The summed E-state index contributed by atoms with van der Waals surface area (Å²) in [5.41, 5.74) is 5.35. The fraction of sp³-hybridized carbons (Fsp3) is 0.556. The van der Waals surface area contributed by atoms with E-state index in [0.29, 0.717) is 25.4 Å². The van der Waals surface area contributed by atoms with Gasteiger partial charge in [0.15, 0.2) is 0 Å². The lowest BCUT2D eigenvalue weighted by Crippen LogP contribution is -2.22. The van der Waals surface area contributed by atoms with Crippen molar-refractivity contribution in [3.8, 4) is 0 Å². The summed E-state index contributed by atoms with van der Waals surface area (Å²) in [6, 6.07) is 0. The van der Waals surface area contributed by atoms with Gasteiger partial charge < -0.3 is 15.8 Å². The highest BCUT2D eigenvalue weighted by molar-refractivity contribution is 5.73. The predicted molar refractivity (Wildman–Crippen MR) is 56.2 cm³/mol. The van der Waals surface area contributed by atoms with Crippen molar-refractivity contribution >= 4 is 12.1 Å². The first-order valence-corrected chi connectivity index (χ1v) is 4.38. The second kappa shape index (κ2) is 8.25. The number of hydrogen-bond acceptors (Lipinski definition) is 4. The van der Waals surface area contributed by atoms with Crippen LogP contribution < -0.4 is 11.1 Å². The number of rotatable bonds is 6. The third kappa shape index (κ3) is 7.30. The Hall–Kier alpha value is -1.36. The summed E-state index contributed by atoms with van der Waals surface area (Å²) in [7, 11) is 1.56. The van der Waals surface area contributed by atoms with Crippen LogP contribution in [0.3, 0.4) is 0 Å². The van der Waals surface area contributed by atoms with E-state index in [4.69, 9.17) is 10.5 Å². The lowest BCUT2D eigenvalue weighted by atomic mass is 10.4. The van der Waals surface area contributed by atoms with Crippen molar-refractivity contribution in [2.75, 3.05) is 26.7 Å². The molecule has 0 atom stereocenters. The smallest absolute Gasteiger partial charge is 0.216 e. The van der Waals surface area contributed by atoms with Crippen molar-refractivity contribution in [2.45, 2.75) is 6.92 Å². The second-order valence-corrected chi connectivity index (χ2v) is 2.58. The molecule has 3 N–H and O–H groups in total. The monoisotopic (exact) mass is 199 g/mol. The molecule has 1 amide bonds. The van der Waals surface area contributed by atoms with E-state index >= 15 is 0 Å². The van der Waals surface area contributed by atoms with Crippen LogP contribution in [0.15, 0.2) is 16.8 Å². The summed E-state index contributed by atoms with van der Waals surface area (Å²) in [5, 5.41) is 2.63. The van der Waals surface area contributed by atoms with Crippen LogP contribution in [-0.2, 0) is 9.53 Å². The molecule has 0 saturated heterocycles. The van der Waals surface area contributed by atoms with Gasteiger partial charge >= 0.3 is 0 Å². The SMILES string of the molecule is COC(=CC=NCCNC(C)=O)CN. The van der Waals surface area contributed by atoms with Gasteiger partial charge in [0.2, 0.25) is 5.91 Å². The molecule has 0 aliphatic carbocycles. The topological polar surface area (TPSA) is 76.7 Å². The van der Waals surface area contributed by atoms with E-state index in [-0.39, 0.29) is 5.91 Å². The molecular weight excluding hydrogens is 182 g/mol. The summed E-state index contributed by atoms with van der Waals surface area (Å²) in [6.07, 6.45) is 3.32. The van der Waals surface area contributed by atoms with E-state index in [1.807, 2.05) is 0 Å². The Kier molecular flexibility index (Phi) is 7.45. The van der Waals surface area contributed by atoms with E-state index in [2.05, 4.69) is 10.3 Å². The molecule has 0 fully saturated rings. The normalized spacial score (nSPS) is 11.8. The van der Waals surface area contributed by atoms with Crippen LogP contribution in [0.5, 0.6) is 0 Å². The van der Waals surface area contributed by atoms with E-state index in [1.54, 1.807) is 19.4 Å². The Balaban J connectivity index is 3.62. The van der Waals surface area contributed by atoms with E-state index in [0.717, 1.165) is 0 Å². The standard InChI is InChI=1S/C9H17N3O2/c1-8(13)12-6-5-11-4-3-9(7-10)14-2/h3-4H,5-7,10H2,1-2H3,(H,12,13). The minimum Gasteiger partial charge on any atom is -0.500 e. The Bertz CT molecular complexity index is 218. The predicted octanol–water partition coefficient (Wildman–Crippen LogP) is -0.318. The number of nitrogens with two attached hydrogens (primary N) is 1. The lowest BCUT2D eigenvalue weighted by molar-refractivity contribution is -0.118. The number of allylic oxidation sites excluding steroid dienone is 1. The first-order valence-electron chi connectivity index (χ1n) is 4.38. The second-order valence-electron chi connectivity index (χ2n) is 2.58. The number of methoxy groups -OCH3 is 1. The molecule has 0 aliphatic heterocycles. The zero-order chi connectivity index (χ0) is 10.8. The number of amides is 1. The summed E-state index contributed by atoms with van der Waals surface area (Å²) < 4.78 is 4.92. The van der Waals surface area contributed by atoms with E-state index in [9.17, 15) is 4.79 Å². The molecule has 0 spiro atoms. The maximum atomic E-state index is 10.5. The summed E-state index contributed by atoms with van der Waals surface area (Å²) in [5.74, 6) is 0.628. The Morgan fingerprint density at radius 3 is 2.86 bits per heavy atom. The van der Waals surface area contributed by atoms with Crippen molar-refractivity contribution in [2.24, 2.45) is 10.7 Å². The number of nitrogens with one attached hydrogen (secondary N) is 1. The molecule has 0 radical (unpaired) electrons. The van der Waals surface area contributed by atoms with Gasteiger partial charge in [-0.05, 0) is 6.08 Å². The van der Waals surface area contributed by atoms with E-state index in [1.165, 1.54) is 6.92 Å². The lowest BCUT2D eigenvalue weighted by Gasteiger charge is -1.99. The fourth-order valence-electron chi connectivity index (χ4n) is 0.726.